The molecular formula is C15H14ClF3N2. The fourth-order valence-electron chi connectivity index (χ4n) is 1.89. The predicted molar refractivity (Wildman–Crippen MR) is 78.5 cm³/mol. The van der Waals surface area contributed by atoms with Crippen LogP contribution in [0.15, 0.2) is 36.5 Å². The summed E-state index contributed by atoms with van der Waals surface area (Å²) in [5, 5.41) is 3.17. The first-order valence-electron chi connectivity index (χ1n) is 6.49. The van der Waals surface area contributed by atoms with Crippen molar-refractivity contribution >= 4 is 17.4 Å². The maximum absolute atomic E-state index is 13.1. The number of pyridine rings is 1. The minimum atomic E-state index is -4.46. The topological polar surface area (TPSA) is 24.9 Å². The lowest BCUT2D eigenvalue weighted by Crippen LogP contribution is -2.13. The van der Waals surface area contributed by atoms with Gasteiger partial charge in [0.05, 0.1) is 5.56 Å². The molecule has 1 aromatic heterocycles. The van der Waals surface area contributed by atoms with E-state index in [-0.39, 0.29) is 5.82 Å². The van der Waals surface area contributed by atoms with Crippen molar-refractivity contribution in [3.05, 3.63) is 47.1 Å². The molecular weight excluding hydrogens is 301 g/mol. The second-order valence-corrected chi connectivity index (χ2v) is 4.99. The number of anilines is 1. The number of rotatable bonds is 4. The third-order valence-electron chi connectivity index (χ3n) is 2.89. The maximum Gasteiger partial charge on any atom is 0.419 e. The Bertz CT molecular complexity index is 627. The first kappa shape index (κ1) is 15.6. The van der Waals surface area contributed by atoms with Gasteiger partial charge in [0, 0.05) is 23.3 Å². The molecule has 2 nitrogen and oxygen atoms in total. The van der Waals surface area contributed by atoms with Gasteiger partial charge in [-0.25, -0.2) is 4.98 Å². The van der Waals surface area contributed by atoms with E-state index >= 15 is 0 Å². The van der Waals surface area contributed by atoms with Crippen LogP contribution in [0.3, 0.4) is 0 Å². The Morgan fingerprint density at radius 1 is 1.19 bits per heavy atom. The summed E-state index contributed by atoms with van der Waals surface area (Å²) in [7, 11) is 0. The van der Waals surface area contributed by atoms with E-state index in [0.717, 1.165) is 12.5 Å². The van der Waals surface area contributed by atoms with Crippen molar-refractivity contribution in [1.29, 1.82) is 0 Å². The lowest BCUT2D eigenvalue weighted by atomic mass is 10.1. The van der Waals surface area contributed by atoms with Gasteiger partial charge in [-0.05, 0) is 30.2 Å². The lowest BCUT2D eigenvalue weighted by molar-refractivity contribution is -0.137. The SMILES string of the molecule is CCCNc1ncc(-c2cccc(Cl)c2)cc1C(F)(F)F. The van der Waals surface area contributed by atoms with Gasteiger partial charge >= 0.3 is 6.18 Å². The minimum absolute atomic E-state index is 0.143. The third kappa shape index (κ3) is 3.88. The summed E-state index contributed by atoms with van der Waals surface area (Å²) in [6, 6.07) is 7.76. The molecule has 0 spiro atoms. The van der Waals surface area contributed by atoms with Gasteiger partial charge in [0.25, 0.3) is 0 Å². The van der Waals surface area contributed by atoms with Gasteiger partial charge in [0.15, 0.2) is 0 Å². The number of hydrogen-bond donors (Lipinski definition) is 1. The number of aromatic nitrogens is 1. The Labute approximate surface area is 126 Å². The fourth-order valence-corrected chi connectivity index (χ4v) is 2.08. The fraction of sp³-hybridized carbons (Fsp3) is 0.267. The summed E-state index contributed by atoms with van der Waals surface area (Å²) in [6.45, 7) is 2.31. The molecule has 0 bridgehead atoms. The van der Waals surface area contributed by atoms with Crippen molar-refractivity contribution in [2.24, 2.45) is 0 Å². The normalized spacial score (nSPS) is 11.5. The molecule has 0 saturated heterocycles. The molecule has 2 aromatic rings. The van der Waals surface area contributed by atoms with Crippen LogP contribution in [0.2, 0.25) is 5.02 Å². The summed E-state index contributed by atoms with van der Waals surface area (Å²) in [5.74, 6) is -0.143. The highest BCUT2D eigenvalue weighted by atomic mass is 35.5. The van der Waals surface area contributed by atoms with E-state index in [4.69, 9.17) is 11.6 Å². The van der Waals surface area contributed by atoms with Crippen LogP contribution < -0.4 is 5.32 Å². The van der Waals surface area contributed by atoms with Gasteiger partial charge in [0.1, 0.15) is 5.82 Å². The standard InChI is InChI=1S/C15H14ClF3N2/c1-2-6-20-14-13(15(17,18)19)8-11(9-21-14)10-4-3-5-12(16)7-10/h3-5,7-9H,2,6H2,1H3,(H,20,21). The molecule has 0 saturated carbocycles. The van der Waals surface area contributed by atoms with Crippen molar-refractivity contribution in [3.63, 3.8) is 0 Å². The van der Waals surface area contributed by atoms with Crippen LogP contribution in [0.25, 0.3) is 11.1 Å². The second kappa shape index (κ2) is 6.35. The number of alkyl halides is 3. The summed E-state index contributed by atoms with van der Waals surface area (Å²) in [5.41, 5.74) is 0.211. The zero-order valence-electron chi connectivity index (χ0n) is 11.3. The third-order valence-corrected chi connectivity index (χ3v) is 3.13. The largest absolute Gasteiger partial charge is 0.419 e. The Morgan fingerprint density at radius 3 is 2.57 bits per heavy atom. The van der Waals surface area contributed by atoms with Crippen molar-refractivity contribution in [3.8, 4) is 11.1 Å². The van der Waals surface area contributed by atoms with Gasteiger partial charge in [-0.15, -0.1) is 0 Å². The quantitative estimate of drug-likeness (QED) is 0.834. The van der Waals surface area contributed by atoms with E-state index in [9.17, 15) is 13.2 Å². The average molecular weight is 315 g/mol. The van der Waals surface area contributed by atoms with Crippen LogP contribution >= 0.6 is 11.6 Å². The van der Waals surface area contributed by atoms with Gasteiger partial charge < -0.3 is 5.32 Å². The molecule has 0 amide bonds. The monoisotopic (exact) mass is 314 g/mol. The molecule has 0 radical (unpaired) electrons. The highest BCUT2D eigenvalue weighted by Gasteiger charge is 2.34. The average Bonchev–Trinajstić information content (AvgIpc) is 2.44. The molecule has 0 unspecified atom stereocenters. The molecule has 112 valence electrons. The number of nitrogens with zero attached hydrogens (tertiary/aromatic N) is 1. The number of halogens is 4. The van der Waals surface area contributed by atoms with Crippen LogP contribution in [-0.4, -0.2) is 11.5 Å². The Hall–Kier alpha value is -1.75. The van der Waals surface area contributed by atoms with E-state index in [1.165, 1.54) is 6.20 Å². The first-order valence-corrected chi connectivity index (χ1v) is 6.86. The highest BCUT2D eigenvalue weighted by Crippen LogP contribution is 2.36. The summed E-state index contributed by atoms with van der Waals surface area (Å²) in [6.07, 6.45) is -2.33. The number of hydrogen-bond acceptors (Lipinski definition) is 2. The van der Waals surface area contributed by atoms with Crippen LogP contribution in [0.4, 0.5) is 19.0 Å². The van der Waals surface area contributed by atoms with Crippen molar-refractivity contribution < 1.29 is 13.2 Å². The van der Waals surface area contributed by atoms with Crippen molar-refractivity contribution in [2.45, 2.75) is 19.5 Å². The molecule has 6 heteroatoms. The zero-order chi connectivity index (χ0) is 15.5. The van der Waals surface area contributed by atoms with E-state index in [1.807, 2.05) is 6.92 Å². The Kier molecular flexibility index (Phi) is 4.73. The summed E-state index contributed by atoms with van der Waals surface area (Å²) in [4.78, 5) is 3.91. The molecule has 0 fully saturated rings. The molecule has 2 rings (SSSR count). The highest BCUT2D eigenvalue weighted by molar-refractivity contribution is 6.30. The Balaban J connectivity index is 2.46. The van der Waals surface area contributed by atoms with E-state index in [1.54, 1.807) is 24.3 Å². The molecule has 0 aliphatic rings. The van der Waals surface area contributed by atoms with Crippen LogP contribution in [0, 0.1) is 0 Å². The molecule has 1 N–H and O–H groups in total. The summed E-state index contributed by atoms with van der Waals surface area (Å²) < 4.78 is 39.4. The number of benzene rings is 1. The van der Waals surface area contributed by atoms with Gasteiger partial charge in [-0.3, -0.25) is 0 Å². The van der Waals surface area contributed by atoms with Crippen LogP contribution in [-0.2, 0) is 6.18 Å². The van der Waals surface area contributed by atoms with Gasteiger partial charge in [-0.1, -0.05) is 30.7 Å². The first-order chi connectivity index (χ1) is 9.91. The molecule has 0 atom stereocenters. The van der Waals surface area contributed by atoms with Crippen molar-refractivity contribution in [1.82, 2.24) is 4.98 Å². The van der Waals surface area contributed by atoms with Gasteiger partial charge in [-0.2, -0.15) is 13.2 Å². The molecule has 21 heavy (non-hydrogen) atoms. The maximum atomic E-state index is 13.1. The Morgan fingerprint density at radius 2 is 1.95 bits per heavy atom. The van der Waals surface area contributed by atoms with Gasteiger partial charge in [0.2, 0.25) is 0 Å². The van der Waals surface area contributed by atoms with Crippen LogP contribution in [0.1, 0.15) is 18.9 Å². The number of nitrogens with one attached hydrogen (secondary N) is 1. The lowest BCUT2D eigenvalue weighted by Gasteiger charge is -2.14. The molecule has 0 aliphatic carbocycles. The molecule has 1 heterocycles. The van der Waals surface area contributed by atoms with Crippen LogP contribution in [0.5, 0.6) is 0 Å². The summed E-state index contributed by atoms with van der Waals surface area (Å²) >= 11 is 5.87. The molecule has 0 aliphatic heterocycles. The second-order valence-electron chi connectivity index (χ2n) is 4.56. The minimum Gasteiger partial charge on any atom is -0.370 e. The predicted octanol–water partition coefficient (Wildman–Crippen LogP) is 5.24. The van der Waals surface area contributed by atoms with E-state index in [2.05, 4.69) is 10.3 Å². The van der Waals surface area contributed by atoms with E-state index in [0.29, 0.717) is 22.7 Å². The zero-order valence-corrected chi connectivity index (χ0v) is 12.1. The molecule has 1 aromatic carbocycles. The van der Waals surface area contributed by atoms with Crippen molar-refractivity contribution in [2.75, 3.05) is 11.9 Å². The van der Waals surface area contributed by atoms with E-state index < -0.39 is 11.7 Å². The smallest absolute Gasteiger partial charge is 0.370 e.